The Labute approximate surface area is 145 Å². The van der Waals surface area contributed by atoms with Gasteiger partial charge in [0.25, 0.3) is 5.91 Å². The zero-order valence-corrected chi connectivity index (χ0v) is 13.8. The van der Waals surface area contributed by atoms with Gasteiger partial charge in [0.2, 0.25) is 5.95 Å². The quantitative estimate of drug-likeness (QED) is 0.598. The highest BCUT2D eigenvalue weighted by atomic mass is 16.1. The predicted molar refractivity (Wildman–Crippen MR) is 100 cm³/mol. The van der Waals surface area contributed by atoms with Crippen LogP contribution < -0.4 is 5.32 Å². The Morgan fingerprint density at radius 2 is 1.56 bits per heavy atom. The minimum Gasteiger partial charge on any atom is -0.292 e. The standard InChI is InChI=1S/C21H17N3O/c1-15-11-13-17(14-12-15)24-19-10-6-5-9-18(19)22-21(24)23-20(25)16-7-3-2-4-8-16/h2-14H,1H3,(H,22,23,25). The van der Waals surface area contributed by atoms with Gasteiger partial charge in [0.15, 0.2) is 0 Å². The van der Waals surface area contributed by atoms with Crippen molar-refractivity contribution in [2.45, 2.75) is 6.92 Å². The molecule has 3 aromatic carbocycles. The lowest BCUT2D eigenvalue weighted by Crippen LogP contribution is -2.15. The lowest BCUT2D eigenvalue weighted by Gasteiger charge is -2.10. The fourth-order valence-electron chi connectivity index (χ4n) is 2.83. The van der Waals surface area contributed by atoms with E-state index in [4.69, 9.17) is 0 Å². The molecular weight excluding hydrogens is 310 g/mol. The highest BCUT2D eigenvalue weighted by Crippen LogP contribution is 2.25. The Bertz CT molecular complexity index is 1030. The number of rotatable bonds is 3. The second-order valence-corrected chi connectivity index (χ2v) is 5.92. The molecule has 4 nitrogen and oxygen atoms in total. The summed E-state index contributed by atoms with van der Waals surface area (Å²) in [4.78, 5) is 17.2. The third-order valence-electron chi connectivity index (χ3n) is 4.11. The van der Waals surface area contributed by atoms with Crippen LogP contribution >= 0.6 is 0 Å². The van der Waals surface area contributed by atoms with E-state index in [9.17, 15) is 4.79 Å². The number of benzene rings is 3. The van der Waals surface area contributed by atoms with E-state index in [1.165, 1.54) is 5.56 Å². The second-order valence-electron chi connectivity index (χ2n) is 5.92. The van der Waals surface area contributed by atoms with E-state index in [1.54, 1.807) is 12.1 Å². The van der Waals surface area contributed by atoms with Crippen LogP contribution in [0, 0.1) is 6.92 Å². The number of nitrogens with one attached hydrogen (secondary N) is 1. The van der Waals surface area contributed by atoms with Gasteiger partial charge in [-0.05, 0) is 43.3 Å². The first kappa shape index (κ1) is 15.1. The molecule has 1 N–H and O–H groups in total. The van der Waals surface area contributed by atoms with Gasteiger partial charge in [-0.25, -0.2) is 4.98 Å². The van der Waals surface area contributed by atoms with Gasteiger partial charge in [0.05, 0.1) is 11.0 Å². The summed E-state index contributed by atoms with van der Waals surface area (Å²) < 4.78 is 1.97. The Morgan fingerprint density at radius 3 is 2.32 bits per heavy atom. The van der Waals surface area contributed by atoms with E-state index >= 15 is 0 Å². The summed E-state index contributed by atoms with van der Waals surface area (Å²) in [5.74, 6) is 0.336. The molecule has 0 unspecified atom stereocenters. The van der Waals surface area contributed by atoms with Crippen LogP contribution in [0.25, 0.3) is 16.7 Å². The van der Waals surface area contributed by atoms with Gasteiger partial charge in [-0.15, -0.1) is 0 Å². The topological polar surface area (TPSA) is 46.9 Å². The normalized spacial score (nSPS) is 10.8. The Morgan fingerprint density at radius 1 is 0.880 bits per heavy atom. The first-order chi connectivity index (χ1) is 12.2. The molecular formula is C21H17N3O. The molecule has 4 rings (SSSR count). The number of para-hydroxylation sites is 2. The number of fused-ring (bicyclic) bond motifs is 1. The summed E-state index contributed by atoms with van der Waals surface area (Å²) in [5, 5.41) is 2.94. The van der Waals surface area contributed by atoms with Crippen molar-refractivity contribution in [3.05, 3.63) is 90.0 Å². The van der Waals surface area contributed by atoms with E-state index in [1.807, 2.05) is 78.2 Å². The van der Waals surface area contributed by atoms with Gasteiger partial charge in [-0.2, -0.15) is 0 Å². The van der Waals surface area contributed by atoms with Crippen LogP contribution in [0.5, 0.6) is 0 Å². The molecule has 1 heterocycles. The summed E-state index contributed by atoms with van der Waals surface area (Å²) in [6.07, 6.45) is 0. The van der Waals surface area contributed by atoms with Crippen molar-refractivity contribution in [2.24, 2.45) is 0 Å². The lowest BCUT2D eigenvalue weighted by atomic mass is 10.2. The molecule has 122 valence electrons. The maximum atomic E-state index is 12.6. The highest BCUT2D eigenvalue weighted by molar-refractivity contribution is 6.04. The molecule has 0 fully saturated rings. The Balaban J connectivity index is 1.82. The summed E-state index contributed by atoms with van der Waals surface area (Å²) >= 11 is 0. The van der Waals surface area contributed by atoms with Crippen LogP contribution in [0.1, 0.15) is 15.9 Å². The zero-order valence-electron chi connectivity index (χ0n) is 13.8. The molecule has 25 heavy (non-hydrogen) atoms. The minimum atomic E-state index is -0.177. The molecule has 1 amide bonds. The van der Waals surface area contributed by atoms with E-state index in [-0.39, 0.29) is 5.91 Å². The van der Waals surface area contributed by atoms with Crippen molar-refractivity contribution < 1.29 is 4.79 Å². The number of hydrogen-bond acceptors (Lipinski definition) is 2. The van der Waals surface area contributed by atoms with E-state index in [2.05, 4.69) is 10.3 Å². The fraction of sp³-hybridized carbons (Fsp3) is 0.0476. The molecule has 0 aliphatic carbocycles. The van der Waals surface area contributed by atoms with Crippen molar-refractivity contribution >= 4 is 22.9 Å². The molecule has 0 spiro atoms. The summed E-state index contributed by atoms with van der Waals surface area (Å²) in [6.45, 7) is 2.05. The van der Waals surface area contributed by atoms with Crippen molar-refractivity contribution in [1.82, 2.24) is 9.55 Å². The number of aryl methyl sites for hydroxylation is 1. The van der Waals surface area contributed by atoms with Crippen LogP contribution in [-0.4, -0.2) is 15.5 Å². The van der Waals surface area contributed by atoms with Gasteiger partial charge in [-0.3, -0.25) is 14.7 Å². The van der Waals surface area contributed by atoms with Gasteiger partial charge in [-0.1, -0.05) is 48.0 Å². The van der Waals surface area contributed by atoms with Gasteiger partial charge in [0.1, 0.15) is 0 Å². The molecule has 0 atom stereocenters. The SMILES string of the molecule is Cc1ccc(-n2c(NC(=O)c3ccccc3)nc3ccccc32)cc1. The van der Waals surface area contributed by atoms with Crippen molar-refractivity contribution in [3.63, 3.8) is 0 Å². The third kappa shape index (κ3) is 2.90. The van der Waals surface area contributed by atoms with E-state index in [0.29, 0.717) is 11.5 Å². The van der Waals surface area contributed by atoms with Gasteiger partial charge in [0, 0.05) is 11.3 Å². The average molecular weight is 327 g/mol. The molecule has 4 aromatic rings. The van der Waals surface area contributed by atoms with Crippen LogP contribution in [0.4, 0.5) is 5.95 Å². The van der Waals surface area contributed by atoms with E-state index in [0.717, 1.165) is 16.7 Å². The van der Waals surface area contributed by atoms with Gasteiger partial charge >= 0.3 is 0 Å². The van der Waals surface area contributed by atoms with Crippen LogP contribution in [0.15, 0.2) is 78.9 Å². The lowest BCUT2D eigenvalue weighted by molar-refractivity contribution is 0.102. The number of carbonyl (C=O) groups is 1. The summed E-state index contributed by atoms with van der Waals surface area (Å²) in [7, 11) is 0. The monoisotopic (exact) mass is 327 g/mol. The Kier molecular flexibility index (Phi) is 3.78. The van der Waals surface area contributed by atoms with Crippen molar-refractivity contribution in [1.29, 1.82) is 0 Å². The smallest absolute Gasteiger partial charge is 0.257 e. The molecule has 0 saturated carbocycles. The number of amides is 1. The molecule has 1 aromatic heterocycles. The van der Waals surface area contributed by atoms with Gasteiger partial charge < -0.3 is 0 Å². The maximum absolute atomic E-state index is 12.6. The number of aromatic nitrogens is 2. The summed E-state index contributed by atoms with van der Waals surface area (Å²) in [5.41, 5.74) is 4.54. The highest BCUT2D eigenvalue weighted by Gasteiger charge is 2.15. The summed E-state index contributed by atoms with van der Waals surface area (Å²) in [6, 6.07) is 25.2. The Hall–Kier alpha value is -3.40. The molecule has 0 bridgehead atoms. The first-order valence-corrected chi connectivity index (χ1v) is 8.13. The zero-order chi connectivity index (χ0) is 17.2. The molecule has 0 saturated heterocycles. The molecule has 0 aliphatic rings. The van der Waals surface area contributed by atoms with Crippen molar-refractivity contribution in [3.8, 4) is 5.69 Å². The number of anilines is 1. The van der Waals surface area contributed by atoms with Crippen molar-refractivity contribution in [2.75, 3.05) is 5.32 Å². The second kappa shape index (κ2) is 6.24. The molecule has 0 aliphatic heterocycles. The first-order valence-electron chi connectivity index (χ1n) is 8.13. The number of carbonyl (C=O) groups excluding carboxylic acids is 1. The number of imidazole rings is 1. The van der Waals surface area contributed by atoms with Crippen LogP contribution in [0.2, 0.25) is 0 Å². The molecule has 0 radical (unpaired) electrons. The third-order valence-corrected chi connectivity index (χ3v) is 4.11. The van der Waals surface area contributed by atoms with Crippen LogP contribution in [0.3, 0.4) is 0 Å². The fourth-order valence-corrected chi connectivity index (χ4v) is 2.83. The average Bonchev–Trinajstić information content (AvgIpc) is 3.01. The molecule has 4 heteroatoms. The minimum absolute atomic E-state index is 0.177. The number of nitrogens with zero attached hydrogens (tertiary/aromatic N) is 2. The maximum Gasteiger partial charge on any atom is 0.257 e. The predicted octanol–water partition coefficient (Wildman–Crippen LogP) is 4.59. The van der Waals surface area contributed by atoms with Crippen LogP contribution in [-0.2, 0) is 0 Å². The largest absolute Gasteiger partial charge is 0.292 e. The van der Waals surface area contributed by atoms with E-state index < -0.39 is 0 Å². The number of hydrogen-bond donors (Lipinski definition) is 1.